The van der Waals surface area contributed by atoms with Crippen LogP contribution < -0.4 is 10.5 Å². The minimum atomic E-state index is 0. The highest BCUT2D eigenvalue weighted by Crippen LogP contribution is 2.33. The summed E-state index contributed by atoms with van der Waals surface area (Å²) in [6.45, 7) is 0. The largest absolute Gasteiger partial charge is 0.495 e. The third-order valence-corrected chi connectivity index (χ3v) is 2.51. The fraction of sp³-hybridized carbons (Fsp3) is 0.400. The molecule has 3 heteroatoms. The van der Waals surface area contributed by atoms with Gasteiger partial charge in [-0.05, 0) is 36.5 Å². The lowest BCUT2D eigenvalue weighted by Gasteiger charge is -2.08. The molecule has 1 aliphatic rings. The predicted molar refractivity (Wildman–Crippen MR) is 56.7 cm³/mol. The average Bonchev–Trinajstić information content (AvgIpc) is 2.53. The van der Waals surface area contributed by atoms with Crippen LogP contribution >= 0.6 is 12.4 Å². The van der Waals surface area contributed by atoms with Gasteiger partial charge in [0, 0.05) is 0 Å². The summed E-state index contributed by atoms with van der Waals surface area (Å²) in [7, 11) is 1.66. The average molecular weight is 200 g/mol. The number of methoxy groups -OCH3 is 1. The Hall–Kier alpha value is -0.890. The topological polar surface area (TPSA) is 35.2 Å². The number of halogens is 1. The summed E-state index contributed by atoms with van der Waals surface area (Å²) >= 11 is 0. The Kier molecular flexibility index (Phi) is 3.04. The number of anilines is 1. The second-order valence-electron chi connectivity index (χ2n) is 3.17. The molecule has 0 heterocycles. The van der Waals surface area contributed by atoms with Crippen molar-refractivity contribution < 1.29 is 4.74 Å². The summed E-state index contributed by atoms with van der Waals surface area (Å²) in [4.78, 5) is 0. The Bertz CT molecular complexity index is 312. The number of hydrogen-bond donors (Lipinski definition) is 1. The Morgan fingerprint density at radius 2 is 2.08 bits per heavy atom. The molecule has 0 fully saturated rings. The van der Waals surface area contributed by atoms with Crippen molar-refractivity contribution in [2.45, 2.75) is 19.3 Å². The third kappa shape index (κ3) is 1.59. The van der Waals surface area contributed by atoms with Crippen LogP contribution in [0.25, 0.3) is 0 Å². The number of rotatable bonds is 1. The van der Waals surface area contributed by atoms with Gasteiger partial charge in [-0.25, -0.2) is 0 Å². The second-order valence-corrected chi connectivity index (χ2v) is 3.17. The molecule has 2 nitrogen and oxygen atoms in total. The Morgan fingerprint density at radius 3 is 2.77 bits per heavy atom. The summed E-state index contributed by atoms with van der Waals surface area (Å²) in [5, 5.41) is 0. The lowest BCUT2D eigenvalue weighted by atomic mass is 10.1. The maximum Gasteiger partial charge on any atom is 0.142 e. The first kappa shape index (κ1) is 10.2. The summed E-state index contributed by atoms with van der Waals surface area (Å²) in [5.41, 5.74) is 9.46. The molecule has 0 unspecified atom stereocenters. The van der Waals surface area contributed by atoms with Crippen LogP contribution in [-0.2, 0) is 12.8 Å². The molecule has 0 amide bonds. The van der Waals surface area contributed by atoms with Crippen LogP contribution in [0.2, 0.25) is 0 Å². The van der Waals surface area contributed by atoms with Crippen molar-refractivity contribution in [3.8, 4) is 5.75 Å². The highest BCUT2D eigenvalue weighted by atomic mass is 35.5. The molecule has 2 N–H and O–H groups in total. The summed E-state index contributed by atoms with van der Waals surface area (Å²) in [6, 6.07) is 4.08. The van der Waals surface area contributed by atoms with Gasteiger partial charge in [-0.15, -0.1) is 12.4 Å². The molecule has 0 atom stereocenters. The molecule has 0 radical (unpaired) electrons. The van der Waals surface area contributed by atoms with Crippen LogP contribution in [0.15, 0.2) is 12.1 Å². The van der Waals surface area contributed by atoms with E-state index < -0.39 is 0 Å². The number of nitrogen functional groups attached to an aromatic ring is 1. The van der Waals surface area contributed by atoms with Gasteiger partial charge in [-0.1, -0.05) is 6.07 Å². The normalized spacial score (nSPS) is 13.3. The molecule has 2 rings (SSSR count). The highest BCUT2D eigenvalue weighted by molar-refractivity contribution is 5.85. The molecule has 0 saturated carbocycles. The first-order chi connectivity index (χ1) is 5.83. The van der Waals surface area contributed by atoms with E-state index in [0.717, 1.165) is 17.9 Å². The Labute approximate surface area is 84.5 Å². The Morgan fingerprint density at radius 1 is 1.31 bits per heavy atom. The second kappa shape index (κ2) is 3.88. The van der Waals surface area contributed by atoms with Crippen LogP contribution in [0.3, 0.4) is 0 Å². The van der Waals surface area contributed by atoms with Crippen LogP contribution in [-0.4, -0.2) is 7.11 Å². The molecule has 0 aromatic heterocycles. The maximum atomic E-state index is 5.92. The number of fused-ring (bicyclic) bond motifs is 1. The standard InChI is InChI=1S/C10H13NO.ClH/c1-12-9-6-5-7-3-2-4-8(7)10(9)11;/h5-6H,2-4,11H2,1H3;1H. The predicted octanol–water partition coefficient (Wildman–Crippen LogP) is 2.19. The van der Waals surface area contributed by atoms with Gasteiger partial charge in [-0.2, -0.15) is 0 Å². The van der Waals surface area contributed by atoms with Crippen molar-refractivity contribution in [3.05, 3.63) is 23.3 Å². The van der Waals surface area contributed by atoms with Gasteiger partial charge in [-0.3, -0.25) is 0 Å². The van der Waals surface area contributed by atoms with Crippen molar-refractivity contribution in [1.82, 2.24) is 0 Å². The number of benzene rings is 1. The van der Waals surface area contributed by atoms with Gasteiger partial charge in [0.2, 0.25) is 0 Å². The molecule has 1 aromatic rings. The van der Waals surface area contributed by atoms with Crippen molar-refractivity contribution in [2.75, 3.05) is 12.8 Å². The van der Waals surface area contributed by atoms with E-state index in [1.165, 1.54) is 24.0 Å². The van der Waals surface area contributed by atoms with Crippen LogP contribution in [0.1, 0.15) is 17.5 Å². The van der Waals surface area contributed by atoms with E-state index in [1.807, 2.05) is 6.07 Å². The summed E-state index contributed by atoms with van der Waals surface area (Å²) in [6.07, 6.45) is 3.51. The minimum absolute atomic E-state index is 0. The Balaban J connectivity index is 0.000000845. The van der Waals surface area contributed by atoms with Crippen LogP contribution in [0.5, 0.6) is 5.75 Å². The van der Waals surface area contributed by atoms with Crippen LogP contribution in [0, 0.1) is 0 Å². The maximum absolute atomic E-state index is 5.92. The number of nitrogens with two attached hydrogens (primary N) is 1. The van der Waals surface area contributed by atoms with Crippen molar-refractivity contribution >= 4 is 18.1 Å². The van der Waals surface area contributed by atoms with Crippen molar-refractivity contribution in [2.24, 2.45) is 0 Å². The summed E-state index contributed by atoms with van der Waals surface area (Å²) in [5.74, 6) is 0.815. The molecule has 13 heavy (non-hydrogen) atoms. The van der Waals surface area contributed by atoms with Crippen molar-refractivity contribution in [1.29, 1.82) is 0 Å². The summed E-state index contributed by atoms with van der Waals surface area (Å²) < 4.78 is 5.15. The first-order valence-corrected chi connectivity index (χ1v) is 4.27. The fourth-order valence-corrected chi connectivity index (χ4v) is 1.85. The monoisotopic (exact) mass is 199 g/mol. The zero-order chi connectivity index (χ0) is 8.55. The molecule has 0 bridgehead atoms. The molecule has 0 saturated heterocycles. The molecular formula is C10H14ClNO. The SMILES string of the molecule is COc1ccc2c(c1N)CCC2.Cl. The zero-order valence-electron chi connectivity index (χ0n) is 7.67. The van der Waals surface area contributed by atoms with Gasteiger partial charge >= 0.3 is 0 Å². The quantitative estimate of drug-likeness (QED) is 0.704. The molecule has 0 spiro atoms. The van der Waals surface area contributed by atoms with E-state index in [2.05, 4.69) is 6.07 Å². The smallest absolute Gasteiger partial charge is 0.142 e. The highest BCUT2D eigenvalue weighted by Gasteiger charge is 2.15. The zero-order valence-corrected chi connectivity index (χ0v) is 8.49. The van der Waals surface area contributed by atoms with Gasteiger partial charge in [0.1, 0.15) is 5.75 Å². The lowest BCUT2D eigenvalue weighted by molar-refractivity contribution is 0.416. The number of ether oxygens (including phenoxy) is 1. The fourth-order valence-electron chi connectivity index (χ4n) is 1.85. The lowest BCUT2D eigenvalue weighted by Crippen LogP contribution is -1.97. The molecular weight excluding hydrogens is 186 g/mol. The first-order valence-electron chi connectivity index (χ1n) is 4.27. The number of hydrogen-bond acceptors (Lipinski definition) is 2. The van der Waals surface area contributed by atoms with E-state index in [1.54, 1.807) is 7.11 Å². The minimum Gasteiger partial charge on any atom is -0.495 e. The van der Waals surface area contributed by atoms with Gasteiger partial charge in [0.05, 0.1) is 12.8 Å². The van der Waals surface area contributed by atoms with Gasteiger partial charge in [0.15, 0.2) is 0 Å². The van der Waals surface area contributed by atoms with Gasteiger partial charge in [0.25, 0.3) is 0 Å². The van der Waals surface area contributed by atoms with E-state index >= 15 is 0 Å². The van der Waals surface area contributed by atoms with Crippen LogP contribution in [0.4, 0.5) is 5.69 Å². The molecule has 72 valence electrons. The number of aryl methyl sites for hydroxylation is 1. The van der Waals surface area contributed by atoms with E-state index in [-0.39, 0.29) is 12.4 Å². The van der Waals surface area contributed by atoms with Crippen molar-refractivity contribution in [3.63, 3.8) is 0 Å². The van der Waals surface area contributed by atoms with E-state index in [9.17, 15) is 0 Å². The molecule has 1 aromatic carbocycles. The van der Waals surface area contributed by atoms with E-state index in [4.69, 9.17) is 10.5 Å². The van der Waals surface area contributed by atoms with Gasteiger partial charge < -0.3 is 10.5 Å². The third-order valence-electron chi connectivity index (χ3n) is 2.51. The molecule has 1 aliphatic carbocycles. The molecule has 0 aliphatic heterocycles. The van der Waals surface area contributed by atoms with E-state index in [0.29, 0.717) is 0 Å².